The van der Waals surface area contributed by atoms with Gasteiger partial charge in [-0.3, -0.25) is 9.89 Å². The van der Waals surface area contributed by atoms with Gasteiger partial charge in [0.25, 0.3) is 0 Å². The van der Waals surface area contributed by atoms with E-state index in [0.29, 0.717) is 5.82 Å². The number of rotatable bonds is 4. The molecule has 1 fully saturated rings. The number of amides is 1. The number of anilines is 1. The Kier molecular flexibility index (Phi) is 4.27. The number of hydrogen-bond acceptors (Lipinski definition) is 4. The van der Waals surface area contributed by atoms with Gasteiger partial charge in [-0.1, -0.05) is 0 Å². The van der Waals surface area contributed by atoms with E-state index in [4.69, 9.17) is 0 Å². The molecule has 2 heterocycles. The molecule has 1 aromatic carbocycles. The number of H-pyrrole nitrogens is 1. The smallest absolute Gasteiger partial charge is 0.326 e. The Balaban J connectivity index is 1.88. The van der Waals surface area contributed by atoms with Gasteiger partial charge in [-0.15, -0.1) is 0 Å². The molecule has 1 amide bonds. The van der Waals surface area contributed by atoms with Crippen LogP contribution < -0.4 is 10.6 Å². The summed E-state index contributed by atoms with van der Waals surface area (Å²) in [4.78, 5) is 16.0. The molecule has 3 N–H and O–H groups in total. The maximum absolute atomic E-state index is 13.1. The van der Waals surface area contributed by atoms with Crippen molar-refractivity contribution in [1.82, 2.24) is 20.5 Å². The number of aryl methyl sites for hydroxylation is 1. The Bertz CT molecular complexity index is 752. The van der Waals surface area contributed by atoms with Crippen molar-refractivity contribution in [2.45, 2.75) is 32.0 Å². The third kappa shape index (κ3) is 3.73. The van der Waals surface area contributed by atoms with Crippen LogP contribution in [0.4, 0.5) is 18.9 Å². The number of aromatic nitrogens is 3. The van der Waals surface area contributed by atoms with Crippen molar-refractivity contribution in [3.05, 3.63) is 29.6 Å². The minimum atomic E-state index is -4.53. The van der Waals surface area contributed by atoms with E-state index < -0.39 is 11.7 Å². The van der Waals surface area contributed by atoms with Gasteiger partial charge in [-0.05, 0) is 38.1 Å². The topological polar surface area (TPSA) is 82.7 Å². The van der Waals surface area contributed by atoms with Crippen LogP contribution in [0.1, 0.15) is 24.2 Å². The lowest BCUT2D eigenvalue weighted by molar-refractivity contribution is -0.137. The lowest BCUT2D eigenvalue weighted by Gasteiger charge is -2.26. The Morgan fingerprint density at radius 3 is 2.67 bits per heavy atom. The molecule has 1 aromatic heterocycles. The molecule has 1 saturated heterocycles. The minimum absolute atomic E-state index is 0.0756. The van der Waals surface area contributed by atoms with Crippen molar-refractivity contribution in [3.63, 3.8) is 0 Å². The van der Waals surface area contributed by atoms with Gasteiger partial charge in [0.05, 0.1) is 5.56 Å². The summed E-state index contributed by atoms with van der Waals surface area (Å²) in [7, 11) is 0. The van der Waals surface area contributed by atoms with Crippen LogP contribution in [0.25, 0.3) is 11.4 Å². The van der Waals surface area contributed by atoms with Crippen LogP contribution in [0, 0.1) is 6.92 Å². The zero-order valence-corrected chi connectivity index (χ0v) is 12.9. The van der Waals surface area contributed by atoms with Gasteiger partial charge in [-0.2, -0.15) is 18.3 Å². The summed E-state index contributed by atoms with van der Waals surface area (Å²) in [6.45, 7) is 2.51. The van der Waals surface area contributed by atoms with E-state index in [-0.39, 0.29) is 35.4 Å². The molecule has 2 aromatic rings. The predicted molar refractivity (Wildman–Crippen MR) is 81.2 cm³/mol. The zero-order chi connectivity index (χ0) is 17.3. The highest BCUT2D eigenvalue weighted by Gasteiger charge is 2.32. The number of carbonyl (C=O) groups excluding carboxylic acids is 1. The first kappa shape index (κ1) is 16.4. The molecule has 1 aliphatic rings. The molecule has 0 aliphatic carbocycles. The van der Waals surface area contributed by atoms with Crippen LogP contribution >= 0.6 is 0 Å². The number of aromatic amines is 1. The van der Waals surface area contributed by atoms with E-state index in [2.05, 4.69) is 25.8 Å². The number of nitrogens with one attached hydrogen (secondary N) is 3. The van der Waals surface area contributed by atoms with Crippen LogP contribution in [0.5, 0.6) is 0 Å². The minimum Gasteiger partial charge on any atom is -0.326 e. The number of alkyl halides is 3. The average molecular weight is 339 g/mol. The summed E-state index contributed by atoms with van der Waals surface area (Å²) in [6.07, 6.45) is -3.42. The third-order valence-corrected chi connectivity index (χ3v) is 3.76. The molecule has 0 bridgehead atoms. The number of nitrogens with zero attached hydrogens (tertiary/aromatic N) is 2. The standard InChI is InChI=1S/C15H16F3N5O/c1-8-20-14(23-22-8)9-4-10(15(16,17)18)6-12(5-9)21-13(24)7-11-2-3-19-11/h4-6,11,19H,2-3,7H2,1H3,(H,21,24)(H,20,22,23). The first-order valence-corrected chi connectivity index (χ1v) is 7.46. The summed E-state index contributed by atoms with van der Waals surface area (Å²) in [5, 5.41) is 12.1. The van der Waals surface area contributed by atoms with Crippen molar-refractivity contribution in [2.24, 2.45) is 0 Å². The first-order valence-electron chi connectivity index (χ1n) is 7.46. The normalized spacial score (nSPS) is 17.4. The van der Waals surface area contributed by atoms with Crippen LogP contribution in [-0.2, 0) is 11.0 Å². The molecule has 6 nitrogen and oxygen atoms in total. The maximum atomic E-state index is 13.1. The van der Waals surface area contributed by atoms with Gasteiger partial charge in [0.15, 0.2) is 5.82 Å². The largest absolute Gasteiger partial charge is 0.416 e. The molecular weight excluding hydrogens is 323 g/mol. The van der Waals surface area contributed by atoms with Gasteiger partial charge in [-0.25, -0.2) is 4.98 Å². The number of hydrogen-bond donors (Lipinski definition) is 3. The summed E-state index contributed by atoms with van der Waals surface area (Å²) in [5.41, 5.74) is -0.600. The monoisotopic (exact) mass is 339 g/mol. The van der Waals surface area contributed by atoms with Crippen LogP contribution in [0.2, 0.25) is 0 Å². The third-order valence-electron chi connectivity index (χ3n) is 3.76. The van der Waals surface area contributed by atoms with E-state index in [0.717, 1.165) is 25.1 Å². The Morgan fingerprint density at radius 2 is 2.12 bits per heavy atom. The summed E-state index contributed by atoms with van der Waals surface area (Å²) < 4.78 is 39.3. The second-order valence-electron chi connectivity index (χ2n) is 5.73. The quantitative estimate of drug-likeness (QED) is 0.799. The molecule has 1 aliphatic heterocycles. The summed E-state index contributed by atoms with van der Waals surface area (Å²) >= 11 is 0. The summed E-state index contributed by atoms with van der Waals surface area (Å²) in [5.74, 6) is 0.308. The molecule has 3 rings (SSSR count). The van der Waals surface area contributed by atoms with E-state index in [9.17, 15) is 18.0 Å². The second kappa shape index (κ2) is 6.23. The molecule has 1 unspecified atom stereocenters. The zero-order valence-electron chi connectivity index (χ0n) is 12.9. The number of halogens is 3. The predicted octanol–water partition coefficient (Wildman–Crippen LogP) is 2.49. The molecule has 128 valence electrons. The molecule has 9 heteroatoms. The van der Waals surface area contributed by atoms with Gasteiger partial charge in [0.2, 0.25) is 5.91 Å². The number of carbonyl (C=O) groups is 1. The van der Waals surface area contributed by atoms with E-state index in [1.54, 1.807) is 6.92 Å². The second-order valence-corrected chi connectivity index (χ2v) is 5.73. The van der Waals surface area contributed by atoms with Crippen LogP contribution in [0.15, 0.2) is 18.2 Å². The average Bonchev–Trinajstić information content (AvgIpc) is 2.88. The van der Waals surface area contributed by atoms with Gasteiger partial charge >= 0.3 is 6.18 Å². The molecular formula is C15H16F3N5O. The molecule has 0 radical (unpaired) electrons. The fourth-order valence-electron chi connectivity index (χ4n) is 2.42. The SMILES string of the molecule is Cc1nc(-c2cc(NC(=O)CC3CCN3)cc(C(F)(F)F)c2)n[nH]1. The maximum Gasteiger partial charge on any atom is 0.416 e. The van der Waals surface area contributed by atoms with Gasteiger partial charge in [0.1, 0.15) is 5.82 Å². The van der Waals surface area contributed by atoms with E-state index in [1.165, 1.54) is 6.07 Å². The molecule has 0 saturated carbocycles. The van der Waals surface area contributed by atoms with Crippen LogP contribution in [-0.4, -0.2) is 33.7 Å². The highest BCUT2D eigenvalue weighted by atomic mass is 19.4. The van der Waals surface area contributed by atoms with Crippen molar-refractivity contribution >= 4 is 11.6 Å². The van der Waals surface area contributed by atoms with Crippen molar-refractivity contribution in [2.75, 3.05) is 11.9 Å². The number of benzene rings is 1. The van der Waals surface area contributed by atoms with Gasteiger partial charge in [0, 0.05) is 23.7 Å². The highest BCUT2D eigenvalue weighted by molar-refractivity contribution is 5.92. The molecule has 24 heavy (non-hydrogen) atoms. The Morgan fingerprint density at radius 1 is 1.38 bits per heavy atom. The van der Waals surface area contributed by atoms with E-state index >= 15 is 0 Å². The Hall–Kier alpha value is -2.42. The van der Waals surface area contributed by atoms with Crippen LogP contribution in [0.3, 0.4) is 0 Å². The Labute approximate surface area is 135 Å². The van der Waals surface area contributed by atoms with Crippen molar-refractivity contribution < 1.29 is 18.0 Å². The fraction of sp³-hybridized carbons (Fsp3) is 0.400. The molecule has 0 spiro atoms. The highest BCUT2D eigenvalue weighted by Crippen LogP contribution is 2.34. The molecule has 1 atom stereocenters. The first-order chi connectivity index (χ1) is 11.3. The van der Waals surface area contributed by atoms with E-state index in [1.807, 2.05) is 0 Å². The fourth-order valence-corrected chi connectivity index (χ4v) is 2.42. The lowest BCUT2D eigenvalue weighted by atomic mass is 10.0. The lowest BCUT2D eigenvalue weighted by Crippen LogP contribution is -2.44. The summed E-state index contributed by atoms with van der Waals surface area (Å²) in [6, 6.07) is 3.40. The van der Waals surface area contributed by atoms with Gasteiger partial charge < -0.3 is 10.6 Å². The van der Waals surface area contributed by atoms with Crippen molar-refractivity contribution in [3.8, 4) is 11.4 Å². The van der Waals surface area contributed by atoms with Crippen molar-refractivity contribution in [1.29, 1.82) is 0 Å².